The van der Waals surface area contributed by atoms with E-state index in [-0.39, 0.29) is 9.68 Å². The summed E-state index contributed by atoms with van der Waals surface area (Å²) in [5.74, 6) is 0. The summed E-state index contributed by atoms with van der Waals surface area (Å²) in [6, 6.07) is 1.98. The fraction of sp³-hybridized carbons (Fsp3) is 1.00. The lowest BCUT2D eigenvalue weighted by Gasteiger charge is -2.21. The van der Waals surface area contributed by atoms with Gasteiger partial charge in [0.15, 0.2) is 0 Å². The largest absolute Gasteiger partial charge is 0.340 e. The average molecular weight is 342 g/mol. The molecule has 5 N–H and O–H groups in total. The van der Waals surface area contributed by atoms with Crippen LogP contribution >= 0.6 is 0 Å². The van der Waals surface area contributed by atoms with E-state index in [1.165, 1.54) is 96.3 Å². The van der Waals surface area contributed by atoms with Crippen LogP contribution in [0.2, 0.25) is 6.55 Å². The molecule has 0 heterocycles. The van der Waals surface area contributed by atoms with E-state index in [0.29, 0.717) is 12.1 Å². The summed E-state index contributed by atoms with van der Waals surface area (Å²) in [6.45, 7) is 2.33. The normalized spacial score (nSPS) is 24.7. The lowest BCUT2D eigenvalue weighted by molar-refractivity contribution is 0.418. The molecule has 0 aromatic carbocycles. The van der Waals surface area contributed by atoms with Crippen molar-refractivity contribution in [2.75, 3.05) is 0 Å². The molecule has 0 saturated heterocycles. The summed E-state index contributed by atoms with van der Waals surface area (Å²) in [7, 11) is 0.119. The summed E-state index contributed by atoms with van der Waals surface area (Å²) < 4.78 is 0. The van der Waals surface area contributed by atoms with Gasteiger partial charge in [0, 0.05) is 12.1 Å². The minimum absolute atomic E-state index is 0.119. The van der Waals surface area contributed by atoms with Crippen LogP contribution in [0.3, 0.4) is 0 Å². The van der Waals surface area contributed by atoms with E-state index < -0.39 is 0 Å². The summed E-state index contributed by atoms with van der Waals surface area (Å²) in [4.78, 5) is 3.62. The Morgan fingerprint density at radius 1 is 0.609 bits per heavy atom. The number of nitrogens with two attached hydrogens (primary N) is 2. The second-order valence-corrected chi connectivity index (χ2v) is 8.80. The highest BCUT2D eigenvalue weighted by molar-refractivity contribution is 6.30. The van der Waals surface area contributed by atoms with Gasteiger partial charge in [-0.2, -0.15) is 0 Å². The number of nitrogens with one attached hydrogen (secondary N) is 1. The molecule has 3 nitrogen and oxygen atoms in total. The smallest absolute Gasteiger partial charge is 0.0888 e. The molecule has 138 valence electrons. The Morgan fingerprint density at radius 3 is 1.22 bits per heavy atom. The highest BCUT2D eigenvalue weighted by atomic mass is 28.2. The van der Waals surface area contributed by atoms with Gasteiger partial charge in [0.2, 0.25) is 0 Å². The molecule has 0 aromatic heterocycles. The Morgan fingerprint density at radius 2 is 0.957 bits per heavy atom. The van der Waals surface area contributed by atoms with E-state index in [1.807, 2.05) is 0 Å². The van der Waals surface area contributed by atoms with E-state index in [0.717, 1.165) is 6.04 Å². The van der Waals surface area contributed by atoms with Gasteiger partial charge in [0.25, 0.3) is 0 Å². The minimum atomic E-state index is 0.119. The quantitative estimate of drug-likeness (QED) is 0.672. The summed E-state index contributed by atoms with van der Waals surface area (Å²) >= 11 is 0. The van der Waals surface area contributed by atoms with Crippen molar-refractivity contribution in [1.29, 1.82) is 0 Å². The molecule has 0 bridgehead atoms. The van der Waals surface area contributed by atoms with E-state index >= 15 is 0 Å². The van der Waals surface area contributed by atoms with Gasteiger partial charge in [-0.1, -0.05) is 64.3 Å². The van der Waals surface area contributed by atoms with E-state index in [9.17, 15) is 0 Å². The Hall–Kier alpha value is 0.0969. The Kier molecular flexibility index (Phi) is 13.3. The number of hydrogen-bond acceptors (Lipinski definition) is 3. The first-order valence-corrected chi connectivity index (χ1v) is 12.6. The SMILES string of the molecule is C[SiH2]NC1CCCCC1.NC1CCCCC1.NC1CCCCC1. The summed E-state index contributed by atoms with van der Waals surface area (Å²) in [5.41, 5.74) is 11.3. The molecule has 0 amide bonds. The molecule has 0 spiro atoms. The molecule has 0 aromatic rings. The van der Waals surface area contributed by atoms with Crippen molar-refractivity contribution in [2.24, 2.45) is 11.5 Å². The Balaban J connectivity index is 0.000000175. The zero-order chi connectivity index (χ0) is 16.8. The highest BCUT2D eigenvalue weighted by Crippen LogP contribution is 2.17. The maximum atomic E-state index is 5.63. The summed E-state index contributed by atoms with van der Waals surface area (Å²) in [5, 5.41) is 0. The zero-order valence-corrected chi connectivity index (χ0v) is 17.1. The fourth-order valence-corrected chi connectivity index (χ4v) is 4.85. The van der Waals surface area contributed by atoms with Crippen LogP contribution in [0, 0.1) is 0 Å². The molecule has 0 unspecified atom stereocenters. The lowest BCUT2D eigenvalue weighted by atomic mass is 9.96. The van der Waals surface area contributed by atoms with Crippen molar-refractivity contribution in [1.82, 2.24) is 4.98 Å². The van der Waals surface area contributed by atoms with Crippen LogP contribution in [-0.2, 0) is 0 Å². The molecule has 0 aliphatic heterocycles. The van der Waals surface area contributed by atoms with Gasteiger partial charge in [-0.05, 0) is 44.6 Å². The van der Waals surface area contributed by atoms with Gasteiger partial charge in [-0.15, -0.1) is 0 Å². The molecule has 3 rings (SSSR count). The van der Waals surface area contributed by atoms with Crippen LogP contribution in [0.25, 0.3) is 0 Å². The molecule has 3 aliphatic carbocycles. The van der Waals surface area contributed by atoms with Crippen molar-refractivity contribution >= 4 is 9.68 Å². The van der Waals surface area contributed by atoms with Crippen LogP contribution in [0.4, 0.5) is 0 Å². The van der Waals surface area contributed by atoms with Gasteiger partial charge >= 0.3 is 0 Å². The first kappa shape index (κ1) is 21.1. The third kappa shape index (κ3) is 12.2. The van der Waals surface area contributed by atoms with E-state index in [1.54, 1.807) is 0 Å². The Bertz CT molecular complexity index is 226. The van der Waals surface area contributed by atoms with E-state index in [2.05, 4.69) is 11.5 Å². The van der Waals surface area contributed by atoms with Crippen molar-refractivity contribution in [3.63, 3.8) is 0 Å². The van der Waals surface area contributed by atoms with Crippen molar-refractivity contribution < 1.29 is 0 Å². The van der Waals surface area contributed by atoms with Crippen molar-refractivity contribution in [3.05, 3.63) is 0 Å². The van der Waals surface area contributed by atoms with Crippen LogP contribution in [0.15, 0.2) is 0 Å². The van der Waals surface area contributed by atoms with Gasteiger partial charge in [0.1, 0.15) is 0 Å². The van der Waals surface area contributed by atoms with Crippen LogP contribution in [0.5, 0.6) is 0 Å². The molecule has 0 radical (unpaired) electrons. The molecular weight excluding hydrogens is 298 g/mol. The third-order valence-corrected chi connectivity index (χ3v) is 6.38. The topological polar surface area (TPSA) is 64.1 Å². The van der Waals surface area contributed by atoms with Gasteiger partial charge < -0.3 is 16.4 Å². The minimum Gasteiger partial charge on any atom is -0.340 e. The fourth-order valence-electron chi connectivity index (χ4n) is 3.86. The molecule has 4 heteroatoms. The second kappa shape index (κ2) is 14.4. The number of rotatable bonds is 2. The molecule has 3 fully saturated rings. The second-order valence-electron chi connectivity index (χ2n) is 7.69. The lowest BCUT2D eigenvalue weighted by Crippen LogP contribution is -2.32. The molecule has 0 atom stereocenters. The molecule has 23 heavy (non-hydrogen) atoms. The van der Waals surface area contributed by atoms with Gasteiger partial charge in [-0.3, -0.25) is 0 Å². The number of hydrogen-bond donors (Lipinski definition) is 3. The van der Waals surface area contributed by atoms with Crippen LogP contribution < -0.4 is 16.4 Å². The van der Waals surface area contributed by atoms with E-state index in [4.69, 9.17) is 11.5 Å². The molecule has 3 aliphatic rings. The average Bonchev–Trinajstić information content (AvgIpc) is 2.59. The molecule has 3 saturated carbocycles. The van der Waals surface area contributed by atoms with Gasteiger partial charge in [0.05, 0.1) is 9.68 Å². The van der Waals surface area contributed by atoms with Gasteiger partial charge in [-0.25, -0.2) is 0 Å². The predicted molar refractivity (Wildman–Crippen MR) is 107 cm³/mol. The first-order valence-electron chi connectivity index (χ1n) is 10.5. The standard InChI is InChI=1S/C7H17NSi.2C6H13N/c1-9-8-7-5-3-2-4-6-7;2*7-6-4-2-1-3-5-6/h7-8H,2-6,9H2,1H3;2*6H,1-5,7H2. The zero-order valence-electron chi connectivity index (χ0n) is 15.7. The van der Waals surface area contributed by atoms with Crippen molar-refractivity contribution in [2.45, 2.75) is 121 Å². The van der Waals surface area contributed by atoms with Crippen LogP contribution in [0.1, 0.15) is 96.3 Å². The maximum Gasteiger partial charge on any atom is 0.0888 e. The Labute approximate surface area is 147 Å². The first-order chi connectivity index (χ1) is 11.2. The summed E-state index contributed by atoms with van der Waals surface area (Å²) in [6.07, 6.45) is 20.6. The predicted octanol–water partition coefficient (Wildman–Crippen LogP) is 3.60. The maximum absolute atomic E-state index is 5.63. The van der Waals surface area contributed by atoms with Crippen molar-refractivity contribution in [3.8, 4) is 0 Å². The highest BCUT2D eigenvalue weighted by Gasteiger charge is 2.10. The third-order valence-electron chi connectivity index (χ3n) is 5.40. The van der Waals surface area contributed by atoms with Crippen LogP contribution in [-0.4, -0.2) is 27.8 Å². The monoisotopic (exact) mass is 341 g/mol. The molecular formula is C19H43N3Si.